The van der Waals surface area contributed by atoms with Gasteiger partial charge < -0.3 is 9.88 Å². The molecule has 0 bridgehead atoms. The van der Waals surface area contributed by atoms with Crippen LogP contribution in [0.15, 0.2) is 29.7 Å². The maximum atomic E-state index is 12.3. The summed E-state index contributed by atoms with van der Waals surface area (Å²) >= 11 is 0. The molecule has 20 heavy (non-hydrogen) atoms. The number of pyridine rings is 1. The summed E-state index contributed by atoms with van der Waals surface area (Å²) in [5.74, 6) is 0.523. The van der Waals surface area contributed by atoms with Gasteiger partial charge in [0.15, 0.2) is 5.03 Å². The van der Waals surface area contributed by atoms with Crippen LogP contribution < -0.4 is 10.0 Å². The Morgan fingerprint density at radius 2 is 2.20 bits per heavy atom. The van der Waals surface area contributed by atoms with Crippen molar-refractivity contribution in [2.24, 2.45) is 7.05 Å². The number of rotatable bonds is 6. The van der Waals surface area contributed by atoms with Crippen LogP contribution in [0.5, 0.6) is 0 Å². The van der Waals surface area contributed by atoms with Crippen molar-refractivity contribution in [3.05, 3.63) is 30.5 Å². The Bertz CT molecular complexity index is 682. The van der Waals surface area contributed by atoms with E-state index in [2.05, 4.69) is 25.2 Å². The standard InChI is InChI=1S/C11H16N6O2S/c1-3-12-9-5-4-6-13-11(9)20(18,19)15-7-10-16-14-8-17(10)2/h4-6,8,12,15H,3,7H2,1-2H3. The SMILES string of the molecule is CCNc1cccnc1S(=O)(=O)NCc1nncn1C. The average Bonchev–Trinajstić information content (AvgIpc) is 2.83. The van der Waals surface area contributed by atoms with Gasteiger partial charge in [0.2, 0.25) is 0 Å². The molecule has 0 amide bonds. The Balaban J connectivity index is 2.20. The molecule has 0 saturated carbocycles. The number of aryl methyl sites for hydroxylation is 1. The lowest BCUT2D eigenvalue weighted by Gasteiger charge is -2.10. The molecule has 0 unspecified atom stereocenters. The van der Waals surface area contributed by atoms with E-state index < -0.39 is 10.0 Å². The molecule has 0 spiro atoms. The van der Waals surface area contributed by atoms with E-state index in [1.54, 1.807) is 23.7 Å². The zero-order valence-corrected chi connectivity index (χ0v) is 12.1. The summed E-state index contributed by atoms with van der Waals surface area (Å²) < 4.78 is 28.6. The number of hydrogen-bond acceptors (Lipinski definition) is 6. The predicted octanol–water partition coefficient (Wildman–Crippen LogP) is 0.120. The number of sulfonamides is 1. The lowest BCUT2D eigenvalue weighted by Crippen LogP contribution is -2.26. The van der Waals surface area contributed by atoms with Crippen molar-refractivity contribution in [1.29, 1.82) is 0 Å². The number of nitrogens with one attached hydrogen (secondary N) is 2. The second-order valence-electron chi connectivity index (χ2n) is 4.07. The van der Waals surface area contributed by atoms with Crippen molar-refractivity contribution in [3.8, 4) is 0 Å². The first-order chi connectivity index (χ1) is 9.54. The third kappa shape index (κ3) is 3.11. The topological polar surface area (TPSA) is 102 Å². The summed E-state index contributed by atoms with van der Waals surface area (Å²) in [5.41, 5.74) is 0.473. The van der Waals surface area contributed by atoms with Crippen molar-refractivity contribution in [2.45, 2.75) is 18.5 Å². The third-order valence-corrected chi connectivity index (χ3v) is 3.98. The molecule has 2 rings (SSSR count). The van der Waals surface area contributed by atoms with Gasteiger partial charge in [-0.1, -0.05) is 0 Å². The van der Waals surface area contributed by atoms with Gasteiger partial charge in [-0.25, -0.2) is 18.1 Å². The Morgan fingerprint density at radius 3 is 2.85 bits per heavy atom. The number of nitrogens with zero attached hydrogens (tertiary/aromatic N) is 4. The zero-order valence-electron chi connectivity index (χ0n) is 11.2. The largest absolute Gasteiger partial charge is 0.383 e. The van der Waals surface area contributed by atoms with Gasteiger partial charge in [0.25, 0.3) is 10.0 Å². The highest BCUT2D eigenvalue weighted by Crippen LogP contribution is 2.17. The zero-order chi connectivity index (χ0) is 14.6. The van der Waals surface area contributed by atoms with E-state index in [1.807, 2.05) is 6.92 Å². The van der Waals surface area contributed by atoms with E-state index in [4.69, 9.17) is 0 Å². The van der Waals surface area contributed by atoms with Crippen molar-refractivity contribution in [3.63, 3.8) is 0 Å². The van der Waals surface area contributed by atoms with Crippen LogP contribution in [0, 0.1) is 0 Å². The van der Waals surface area contributed by atoms with Crippen LogP contribution in [-0.2, 0) is 23.6 Å². The van der Waals surface area contributed by atoms with Crippen molar-refractivity contribution in [2.75, 3.05) is 11.9 Å². The molecule has 0 aliphatic carbocycles. The van der Waals surface area contributed by atoms with Gasteiger partial charge in [-0.15, -0.1) is 10.2 Å². The van der Waals surface area contributed by atoms with Crippen LogP contribution >= 0.6 is 0 Å². The number of anilines is 1. The molecule has 2 N–H and O–H groups in total. The van der Waals surface area contributed by atoms with Crippen LogP contribution in [-0.4, -0.2) is 34.7 Å². The normalized spacial score (nSPS) is 11.5. The molecule has 0 aromatic carbocycles. The maximum absolute atomic E-state index is 12.3. The molecular weight excluding hydrogens is 280 g/mol. The quantitative estimate of drug-likeness (QED) is 0.785. The second-order valence-corrected chi connectivity index (χ2v) is 5.75. The Labute approximate surface area is 117 Å². The highest BCUT2D eigenvalue weighted by molar-refractivity contribution is 7.89. The molecular formula is C11H16N6O2S. The van der Waals surface area contributed by atoms with Crippen LogP contribution in [0.4, 0.5) is 5.69 Å². The molecule has 2 aromatic rings. The lowest BCUT2D eigenvalue weighted by molar-refractivity contribution is 0.574. The van der Waals surface area contributed by atoms with E-state index in [1.165, 1.54) is 12.5 Å². The van der Waals surface area contributed by atoms with E-state index in [-0.39, 0.29) is 11.6 Å². The third-order valence-electron chi connectivity index (χ3n) is 2.62. The molecule has 0 fully saturated rings. The highest BCUT2D eigenvalue weighted by atomic mass is 32.2. The van der Waals surface area contributed by atoms with E-state index in [9.17, 15) is 8.42 Å². The van der Waals surface area contributed by atoms with Gasteiger partial charge >= 0.3 is 0 Å². The smallest absolute Gasteiger partial charge is 0.260 e. The van der Waals surface area contributed by atoms with Crippen LogP contribution in [0.3, 0.4) is 0 Å². The molecule has 2 heterocycles. The van der Waals surface area contributed by atoms with Gasteiger partial charge in [0.1, 0.15) is 12.2 Å². The van der Waals surface area contributed by atoms with Crippen molar-refractivity contribution < 1.29 is 8.42 Å². The Hall–Kier alpha value is -2.00. The fourth-order valence-electron chi connectivity index (χ4n) is 1.63. The minimum Gasteiger partial charge on any atom is -0.383 e. The lowest BCUT2D eigenvalue weighted by atomic mass is 10.4. The molecule has 8 nitrogen and oxygen atoms in total. The molecule has 0 atom stereocenters. The first-order valence-corrected chi connectivity index (χ1v) is 7.54. The van der Waals surface area contributed by atoms with Gasteiger partial charge in [0, 0.05) is 19.8 Å². The summed E-state index contributed by atoms with van der Waals surface area (Å²) in [6.45, 7) is 2.55. The predicted molar refractivity (Wildman–Crippen MR) is 73.4 cm³/mol. The number of aromatic nitrogens is 4. The molecule has 0 radical (unpaired) electrons. The van der Waals surface area contributed by atoms with Crippen LogP contribution in [0.2, 0.25) is 0 Å². The van der Waals surface area contributed by atoms with Crippen molar-refractivity contribution in [1.82, 2.24) is 24.5 Å². The summed E-state index contributed by atoms with van der Waals surface area (Å²) in [4.78, 5) is 3.94. The van der Waals surface area contributed by atoms with Gasteiger partial charge in [-0.05, 0) is 19.1 Å². The van der Waals surface area contributed by atoms with Crippen LogP contribution in [0.25, 0.3) is 0 Å². The van der Waals surface area contributed by atoms with Gasteiger partial charge in [-0.2, -0.15) is 0 Å². The molecule has 2 aromatic heterocycles. The fourth-order valence-corrected chi connectivity index (χ4v) is 2.71. The highest BCUT2D eigenvalue weighted by Gasteiger charge is 2.20. The monoisotopic (exact) mass is 296 g/mol. The minimum absolute atomic E-state index is 0.0241. The van der Waals surface area contributed by atoms with Crippen LogP contribution in [0.1, 0.15) is 12.7 Å². The van der Waals surface area contributed by atoms with Crippen molar-refractivity contribution >= 4 is 15.7 Å². The Kier molecular flexibility index (Phi) is 4.30. The molecule has 108 valence electrons. The molecule has 9 heteroatoms. The van der Waals surface area contributed by atoms with Gasteiger partial charge in [0.05, 0.1) is 12.2 Å². The summed E-state index contributed by atoms with van der Waals surface area (Å²) in [6, 6.07) is 3.35. The second kappa shape index (κ2) is 5.97. The first kappa shape index (κ1) is 14.4. The minimum atomic E-state index is -3.71. The Morgan fingerprint density at radius 1 is 1.40 bits per heavy atom. The number of hydrogen-bond donors (Lipinski definition) is 2. The van der Waals surface area contributed by atoms with Gasteiger partial charge in [-0.3, -0.25) is 0 Å². The van der Waals surface area contributed by atoms with E-state index in [0.29, 0.717) is 18.1 Å². The first-order valence-electron chi connectivity index (χ1n) is 6.06. The molecule has 0 aliphatic heterocycles. The summed E-state index contributed by atoms with van der Waals surface area (Å²) in [6.07, 6.45) is 2.95. The summed E-state index contributed by atoms with van der Waals surface area (Å²) in [5, 5.41) is 10.5. The maximum Gasteiger partial charge on any atom is 0.260 e. The summed E-state index contributed by atoms with van der Waals surface area (Å²) in [7, 11) is -1.97. The molecule has 0 saturated heterocycles. The fraction of sp³-hybridized carbons (Fsp3) is 0.364. The average molecular weight is 296 g/mol. The molecule has 0 aliphatic rings. The van der Waals surface area contributed by atoms with E-state index in [0.717, 1.165) is 0 Å². The van der Waals surface area contributed by atoms with E-state index >= 15 is 0 Å².